The number of rotatable bonds is 1. The lowest BCUT2D eigenvalue weighted by Gasteiger charge is -2.11. The lowest BCUT2D eigenvalue weighted by atomic mass is 9.97. The van der Waals surface area contributed by atoms with Gasteiger partial charge in [-0.05, 0) is 23.8 Å². The summed E-state index contributed by atoms with van der Waals surface area (Å²) in [4.78, 5) is 4.07. The van der Waals surface area contributed by atoms with Crippen LogP contribution in [0.4, 0.5) is 5.69 Å². The Morgan fingerprint density at radius 2 is 1.77 bits per heavy atom. The lowest BCUT2D eigenvalue weighted by molar-refractivity contribution is 0.392. The number of fused-ring (bicyclic) bond motifs is 1. The van der Waals surface area contributed by atoms with Gasteiger partial charge in [0, 0.05) is 23.3 Å². The maximum absolute atomic E-state index is 10.4. The first-order chi connectivity index (χ1) is 10.2. The molecule has 1 aliphatic heterocycles. The van der Waals surface area contributed by atoms with Crippen molar-refractivity contribution >= 4 is 41.2 Å². The van der Waals surface area contributed by atoms with Crippen LogP contribution in [-0.2, 0) is 0 Å². The third-order valence-corrected chi connectivity index (χ3v) is 3.50. The van der Waals surface area contributed by atoms with Crippen molar-refractivity contribution in [2.75, 3.05) is 12.4 Å². The van der Waals surface area contributed by atoms with Gasteiger partial charge in [-0.2, -0.15) is 0 Å². The Balaban J connectivity index is 0.00000176. The zero-order valence-electron chi connectivity index (χ0n) is 11.8. The van der Waals surface area contributed by atoms with Crippen LogP contribution in [-0.4, -0.2) is 18.1 Å². The van der Waals surface area contributed by atoms with Gasteiger partial charge in [0.25, 0.3) is 0 Å². The molecule has 3 N–H and O–H groups in total. The normalized spacial score (nSPS) is 15.3. The summed E-state index contributed by atoms with van der Waals surface area (Å²) in [6.07, 6.45) is 0. The van der Waals surface area contributed by atoms with Gasteiger partial charge in [0.2, 0.25) is 5.96 Å². The highest BCUT2D eigenvalue weighted by atomic mass is 35.5. The van der Waals surface area contributed by atoms with E-state index in [4.69, 9.17) is 11.6 Å². The molecule has 1 heterocycles. The number of hydrogen-bond acceptors (Lipinski definition) is 2. The molecule has 0 aromatic heterocycles. The minimum Gasteiger partial charge on any atom is -0.494 e. The summed E-state index contributed by atoms with van der Waals surface area (Å²) >= 11 is 6.12. The molecule has 22 heavy (non-hydrogen) atoms. The summed E-state index contributed by atoms with van der Waals surface area (Å²) in [6.45, 7) is 0. The van der Waals surface area contributed by atoms with Crippen LogP contribution in [0, 0.1) is 0 Å². The molecule has 0 unspecified atom stereocenters. The van der Waals surface area contributed by atoms with Crippen LogP contribution < -0.4 is 10.6 Å². The van der Waals surface area contributed by atoms with Crippen molar-refractivity contribution in [3.63, 3.8) is 0 Å². The monoisotopic (exact) mass is 335 g/mol. The van der Waals surface area contributed by atoms with Gasteiger partial charge in [0.1, 0.15) is 0 Å². The van der Waals surface area contributed by atoms with E-state index in [-0.39, 0.29) is 18.3 Å². The van der Waals surface area contributed by atoms with Gasteiger partial charge in [0.05, 0.1) is 5.57 Å². The zero-order valence-corrected chi connectivity index (χ0v) is 13.4. The number of aliphatic imine (C=N–C) groups is 1. The third-order valence-electron chi connectivity index (χ3n) is 3.26. The maximum atomic E-state index is 10.4. The molecule has 3 rings (SSSR count). The standard InChI is InChI=1S/C16H14ClN3O.ClH/c1-18-16-19-13-8-7-11(17)9-12(13)14(15(21)20-16)10-5-3-2-4-6-10;/h2-9,21H,1H3,(H2,18,19,20);1H. The number of halogens is 2. The number of guanidine groups is 1. The molecule has 0 amide bonds. The predicted octanol–water partition coefficient (Wildman–Crippen LogP) is 4.04. The first kappa shape index (κ1) is 16.2. The fourth-order valence-electron chi connectivity index (χ4n) is 2.30. The van der Waals surface area contributed by atoms with Crippen molar-refractivity contribution in [1.82, 2.24) is 5.32 Å². The second-order valence-corrected chi connectivity index (χ2v) is 5.04. The van der Waals surface area contributed by atoms with E-state index >= 15 is 0 Å². The van der Waals surface area contributed by atoms with Crippen LogP contribution in [0.1, 0.15) is 11.1 Å². The van der Waals surface area contributed by atoms with Crippen LogP contribution in [0.15, 0.2) is 59.4 Å². The largest absolute Gasteiger partial charge is 0.494 e. The van der Waals surface area contributed by atoms with Crippen molar-refractivity contribution in [3.05, 3.63) is 70.6 Å². The average molecular weight is 336 g/mol. The van der Waals surface area contributed by atoms with Gasteiger partial charge in [-0.25, -0.2) is 0 Å². The highest BCUT2D eigenvalue weighted by Crippen LogP contribution is 2.34. The summed E-state index contributed by atoms with van der Waals surface area (Å²) in [5.41, 5.74) is 3.22. The van der Waals surface area contributed by atoms with E-state index in [1.807, 2.05) is 42.5 Å². The molecule has 0 aliphatic carbocycles. The highest BCUT2D eigenvalue weighted by Gasteiger charge is 2.21. The van der Waals surface area contributed by atoms with E-state index in [2.05, 4.69) is 15.6 Å². The van der Waals surface area contributed by atoms with Crippen molar-refractivity contribution in [3.8, 4) is 0 Å². The van der Waals surface area contributed by atoms with Gasteiger partial charge in [-0.15, -0.1) is 12.4 Å². The molecule has 0 fully saturated rings. The molecule has 0 saturated carbocycles. The van der Waals surface area contributed by atoms with Gasteiger partial charge < -0.3 is 10.4 Å². The summed E-state index contributed by atoms with van der Waals surface area (Å²) in [5, 5.41) is 17.1. The average Bonchev–Trinajstić information content (AvgIpc) is 2.63. The quantitative estimate of drug-likeness (QED) is 0.737. The van der Waals surface area contributed by atoms with E-state index in [0.29, 0.717) is 16.6 Å². The number of nitrogens with one attached hydrogen (secondary N) is 2. The van der Waals surface area contributed by atoms with Crippen LogP contribution in [0.5, 0.6) is 0 Å². The Hall–Kier alpha value is -2.17. The first-order valence-corrected chi connectivity index (χ1v) is 6.86. The van der Waals surface area contributed by atoms with E-state index in [0.717, 1.165) is 16.8 Å². The molecule has 6 heteroatoms. The molecule has 0 atom stereocenters. The molecule has 4 nitrogen and oxygen atoms in total. The fraction of sp³-hybridized carbons (Fsp3) is 0.0625. The Morgan fingerprint density at radius 1 is 1.05 bits per heavy atom. The molecule has 2 aromatic carbocycles. The summed E-state index contributed by atoms with van der Waals surface area (Å²) in [6, 6.07) is 15.1. The smallest absolute Gasteiger partial charge is 0.202 e. The molecule has 0 spiro atoms. The van der Waals surface area contributed by atoms with E-state index < -0.39 is 0 Å². The van der Waals surface area contributed by atoms with Crippen molar-refractivity contribution in [1.29, 1.82) is 0 Å². The first-order valence-electron chi connectivity index (χ1n) is 6.48. The van der Waals surface area contributed by atoms with Gasteiger partial charge in [-0.1, -0.05) is 41.9 Å². The summed E-state index contributed by atoms with van der Waals surface area (Å²) < 4.78 is 0. The molecule has 2 aromatic rings. The lowest BCUT2D eigenvalue weighted by Crippen LogP contribution is -2.28. The number of nitrogens with zero attached hydrogens (tertiary/aromatic N) is 1. The minimum absolute atomic E-state index is 0. The van der Waals surface area contributed by atoms with E-state index in [1.165, 1.54) is 0 Å². The van der Waals surface area contributed by atoms with E-state index in [9.17, 15) is 5.11 Å². The number of hydrogen-bond donors (Lipinski definition) is 3. The van der Waals surface area contributed by atoms with Crippen LogP contribution in [0.3, 0.4) is 0 Å². The third kappa shape index (κ3) is 3.03. The summed E-state index contributed by atoms with van der Waals surface area (Å²) in [5.74, 6) is 0.511. The predicted molar refractivity (Wildman–Crippen MR) is 93.9 cm³/mol. The Morgan fingerprint density at radius 3 is 2.45 bits per heavy atom. The molecule has 1 aliphatic rings. The fourth-order valence-corrected chi connectivity index (χ4v) is 2.47. The molecule has 0 radical (unpaired) electrons. The van der Waals surface area contributed by atoms with Crippen LogP contribution in [0.25, 0.3) is 5.57 Å². The van der Waals surface area contributed by atoms with Crippen LogP contribution >= 0.6 is 24.0 Å². The highest BCUT2D eigenvalue weighted by molar-refractivity contribution is 6.31. The molecule has 114 valence electrons. The van der Waals surface area contributed by atoms with Gasteiger partial charge >= 0.3 is 0 Å². The molecule has 0 bridgehead atoms. The SMILES string of the molecule is CN=C1NC(O)=C(c2ccccc2)c2cc(Cl)ccc2N1.Cl. The number of anilines is 1. The molecule has 0 saturated heterocycles. The Bertz CT molecular complexity index is 742. The van der Waals surface area contributed by atoms with Crippen LogP contribution in [0.2, 0.25) is 5.02 Å². The van der Waals surface area contributed by atoms with E-state index in [1.54, 1.807) is 13.1 Å². The summed E-state index contributed by atoms with van der Waals surface area (Å²) in [7, 11) is 1.64. The Labute approximate surface area is 139 Å². The number of aliphatic hydroxyl groups is 1. The van der Waals surface area contributed by atoms with Crippen molar-refractivity contribution in [2.24, 2.45) is 4.99 Å². The molecular weight excluding hydrogens is 321 g/mol. The molecular formula is C16H15Cl2N3O. The number of aliphatic hydroxyl groups excluding tert-OH is 1. The second-order valence-electron chi connectivity index (χ2n) is 4.60. The van der Waals surface area contributed by atoms with Gasteiger partial charge in [0.15, 0.2) is 5.88 Å². The van der Waals surface area contributed by atoms with Gasteiger partial charge in [-0.3, -0.25) is 10.3 Å². The topological polar surface area (TPSA) is 56.7 Å². The Kier molecular flexibility index (Phi) is 4.96. The number of benzene rings is 2. The zero-order chi connectivity index (χ0) is 14.8. The van der Waals surface area contributed by atoms with Crippen molar-refractivity contribution in [2.45, 2.75) is 0 Å². The minimum atomic E-state index is 0. The second kappa shape index (κ2) is 6.73. The van der Waals surface area contributed by atoms with Crippen molar-refractivity contribution < 1.29 is 5.11 Å². The maximum Gasteiger partial charge on any atom is 0.202 e.